The van der Waals surface area contributed by atoms with Crippen molar-refractivity contribution in [1.29, 1.82) is 0 Å². The molecule has 1 aliphatic rings. The molecule has 8 heteroatoms. The van der Waals surface area contributed by atoms with Crippen molar-refractivity contribution in [2.45, 2.75) is 52.1 Å². The summed E-state index contributed by atoms with van der Waals surface area (Å²) in [6.07, 6.45) is 6.72. The third-order valence-electron chi connectivity index (χ3n) is 5.23. The molecule has 160 valence electrons. The molecule has 0 spiro atoms. The Hall–Kier alpha value is -1.68. The molecule has 0 bridgehead atoms. The summed E-state index contributed by atoms with van der Waals surface area (Å²) in [7, 11) is 0. The molecule has 1 atom stereocenters. The van der Waals surface area contributed by atoms with Crippen molar-refractivity contribution >= 4 is 29.9 Å². The fraction of sp³-hybridized carbons (Fsp3) is 0.571. The van der Waals surface area contributed by atoms with Crippen molar-refractivity contribution in [2.24, 2.45) is 4.99 Å². The highest BCUT2D eigenvalue weighted by atomic mass is 127. The average molecular weight is 511 g/mol. The molecular formula is C21H34IN7. The van der Waals surface area contributed by atoms with Crippen LogP contribution < -0.4 is 10.6 Å². The molecule has 1 fully saturated rings. The molecule has 0 saturated carbocycles. The van der Waals surface area contributed by atoms with Crippen LogP contribution in [-0.4, -0.2) is 58.3 Å². The first-order chi connectivity index (χ1) is 13.8. The van der Waals surface area contributed by atoms with Gasteiger partial charge < -0.3 is 15.5 Å². The van der Waals surface area contributed by atoms with Crippen molar-refractivity contribution in [3.8, 4) is 11.4 Å². The van der Waals surface area contributed by atoms with Crippen LogP contribution in [0.1, 0.15) is 45.1 Å². The SMILES string of the molecule is CCNC(=NCc1cccc(-c2ncn[nH]2)c1)NCCCN1CCCCC1C.I. The second kappa shape index (κ2) is 12.8. The minimum Gasteiger partial charge on any atom is -0.357 e. The highest BCUT2D eigenvalue weighted by Gasteiger charge is 2.17. The van der Waals surface area contributed by atoms with E-state index in [4.69, 9.17) is 4.99 Å². The van der Waals surface area contributed by atoms with E-state index in [2.05, 4.69) is 56.7 Å². The van der Waals surface area contributed by atoms with Crippen molar-refractivity contribution < 1.29 is 0 Å². The van der Waals surface area contributed by atoms with Crippen LogP contribution in [0.3, 0.4) is 0 Å². The number of halogens is 1. The zero-order chi connectivity index (χ0) is 19.6. The number of benzene rings is 1. The molecule has 1 saturated heterocycles. The molecule has 1 unspecified atom stereocenters. The van der Waals surface area contributed by atoms with Gasteiger partial charge in [-0.15, -0.1) is 24.0 Å². The fourth-order valence-electron chi connectivity index (χ4n) is 3.65. The third-order valence-corrected chi connectivity index (χ3v) is 5.23. The number of hydrogen-bond donors (Lipinski definition) is 3. The van der Waals surface area contributed by atoms with Crippen LogP contribution >= 0.6 is 24.0 Å². The number of aromatic nitrogens is 3. The number of aliphatic imine (C=N–C) groups is 1. The second-order valence-electron chi connectivity index (χ2n) is 7.39. The number of piperidine rings is 1. The van der Waals surface area contributed by atoms with E-state index in [9.17, 15) is 0 Å². The maximum Gasteiger partial charge on any atom is 0.191 e. The number of aromatic amines is 1. The van der Waals surface area contributed by atoms with Crippen molar-refractivity contribution in [1.82, 2.24) is 30.7 Å². The number of nitrogens with zero attached hydrogens (tertiary/aromatic N) is 4. The topological polar surface area (TPSA) is 81.2 Å². The molecule has 0 amide bonds. The Kier molecular flexibility index (Phi) is 10.4. The number of rotatable bonds is 8. The average Bonchev–Trinajstić information content (AvgIpc) is 3.26. The molecule has 1 aromatic heterocycles. The van der Waals surface area contributed by atoms with Gasteiger partial charge in [0.05, 0.1) is 6.54 Å². The van der Waals surface area contributed by atoms with Gasteiger partial charge in [0.2, 0.25) is 0 Å². The summed E-state index contributed by atoms with van der Waals surface area (Å²) in [5.74, 6) is 1.65. The Morgan fingerprint density at radius 2 is 2.21 bits per heavy atom. The lowest BCUT2D eigenvalue weighted by Gasteiger charge is -2.33. The summed E-state index contributed by atoms with van der Waals surface area (Å²) in [6.45, 7) is 9.27. The summed E-state index contributed by atoms with van der Waals surface area (Å²) in [5.41, 5.74) is 2.17. The van der Waals surface area contributed by atoms with Crippen LogP contribution in [0.4, 0.5) is 0 Å². The Balaban J connectivity index is 0.00000300. The summed E-state index contributed by atoms with van der Waals surface area (Å²) >= 11 is 0. The van der Waals surface area contributed by atoms with Gasteiger partial charge in [-0.1, -0.05) is 24.6 Å². The van der Waals surface area contributed by atoms with E-state index in [-0.39, 0.29) is 24.0 Å². The summed E-state index contributed by atoms with van der Waals surface area (Å²) in [6, 6.07) is 8.98. The summed E-state index contributed by atoms with van der Waals surface area (Å²) < 4.78 is 0. The molecule has 2 heterocycles. The predicted octanol–water partition coefficient (Wildman–Crippen LogP) is 3.41. The maximum absolute atomic E-state index is 4.74. The van der Waals surface area contributed by atoms with Gasteiger partial charge in [-0.05, 0) is 51.3 Å². The number of hydrogen-bond acceptors (Lipinski definition) is 4. The first kappa shape index (κ1) is 23.6. The van der Waals surface area contributed by atoms with Gasteiger partial charge in [-0.25, -0.2) is 9.98 Å². The Bertz CT molecular complexity index is 732. The lowest BCUT2D eigenvalue weighted by molar-refractivity contribution is 0.159. The van der Waals surface area contributed by atoms with Crippen molar-refractivity contribution in [3.63, 3.8) is 0 Å². The van der Waals surface area contributed by atoms with Gasteiger partial charge >= 0.3 is 0 Å². The molecule has 29 heavy (non-hydrogen) atoms. The van der Waals surface area contributed by atoms with Gasteiger partial charge in [-0.2, -0.15) is 5.10 Å². The van der Waals surface area contributed by atoms with Gasteiger partial charge in [-0.3, -0.25) is 5.10 Å². The highest BCUT2D eigenvalue weighted by molar-refractivity contribution is 14.0. The van der Waals surface area contributed by atoms with Crippen molar-refractivity contribution in [2.75, 3.05) is 26.2 Å². The largest absolute Gasteiger partial charge is 0.357 e. The lowest BCUT2D eigenvalue weighted by Crippen LogP contribution is -2.41. The van der Waals surface area contributed by atoms with E-state index in [0.717, 1.165) is 55.0 Å². The van der Waals surface area contributed by atoms with E-state index in [1.165, 1.54) is 32.1 Å². The van der Waals surface area contributed by atoms with Crippen LogP contribution in [0.5, 0.6) is 0 Å². The van der Waals surface area contributed by atoms with Gasteiger partial charge in [0, 0.05) is 31.2 Å². The normalized spacial score (nSPS) is 17.6. The molecule has 3 N–H and O–H groups in total. The molecule has 2 aromatic rings. The van der Waals surface area contributed by atoms with Crippen LogP contribution in [0.25, 0.3) is 11.4 Å². The predicted molar refractivity (Wildman–Crippen MR) is 130 cm³/mol. The Morgan fingerprint density at radius 1 is 1.31 bits per heavy atom. The number of H-pyrrole nitrogens is 1. The fourth-order valence-corrected chi connectivity index (χ4v) is 3.65. The zero-order valence-corrected chi connectivity index (χ0v) is 19.9. The Labute approximate surface area is 191 Å². The molecule has 7 nitrogen and oxygen atoms in total. The monoisotopic (exact) mass is 511 g/mol. The van der Waals surface area contributed by atoms with Crippen LogP contribution in [0.15, 0.2) is 35.6 Å². The van der Waals surface area contributed by atoms with Crippen molar-refractivity contribution in [3.05, 3.63) is 36.2 Å². The van der Waals surface area contributed by atoms with Gasteiger partial charge in [0.25, 0.3) is 0 Å². The van der Waals surface area contributed by atoms with E-state index < -0.39 is 0 Å². The molecule has 1 aliphatic heterocycles. The minimum atomic E-state index is 0. The Morgan fingerprint density at radius 3 is 2.97 bits per heavy atom. The summed E-state index contributed by atoms with van der Waals surface area (Å²) in [4.78, 5) is 11.6. The first-order valence-electron chi connectivity index (χ1n) is 10.5. The van der Waals surface area contributed by atoms with Crippen LogP contribution in [-0.2, 0) is 6.54 Å². The standard InChI is InChI=1S/C21H33N7.HI/c1-3-22-21(23-11-7-13-28-12-5-4-8-17(28)2)24-15-18-9-6-10-19(14-18)20-25-16-26-27-20;/h6,9-10,14,16-17H,3-5,7-8,11-13,15H2,1-2H3,(H2,22,23,24)(H,25,26,27);1H. The first-order valence-corrected chi connectivity index (χ1v) is 10.5. The van der Waals surface area contributed by atoms with Crippen LogP contribution in [0, 0.1) is 0 Å². The molecule has 0 radical (unpaired) electrons. The number of guanidine groups is 1. The van der Waals surface area contributed by atoms with E-state index in [1.807, 2.05) is 12.1 Å². The van der Waals surface area contributed by atoms with Gasteiger partial charge in [0.15, 0.2) is 11.8 Å². The quantitative estimate of drug-likeness (QED) is 0.219. The molecule has 0 aliphatic carbocycles. The highest BCUT2D eigenvalue weighted by Crippen LogP contribution is 2.17. The lowest BCUT2D eigenvalue weighted by atomic mass is 10.0. The smallest absolute Gasteiger partial charge is 0.191 e. The van der Waals surface area contributed by atoms with E-state index in [0.29, 0.717) is 6.54 Å². The molecule has 1 aromatic carbocycles. The maximum atomic E-state index is 4.74. The molecular weight excluding hydrogens is 477 g/mol. The summed E-state index contributed by atoms with van der Waals surface area (Å²) in [5, 5.41) is 13.6. The molecule has 3 rings (SSSR count). The minimum absolute atomic E-state index is 0. The number of likely N-dealkylation sites (tertiary alicyclic amines) is 1. The van der Waals surface area contributed by atoms with Crippen LogP contribution in [0.2, 0.25) is 0 Å². The zero-order valence-electron chi connectivity index (χ0n) is 17.5. The van der Waals surface area contributed by atoms with E-state index in [1.54, 1.807) is 0 Å². The van der Waals surface area contributed by atoms with E-state index >= 15 is 0 Å². The van der Waals surface area contributed by atoms with Gasteiger partial charge in [0.1, 0.15) is 6.33 Å². The second-order valence-corrected chi connectivity index (χ2v) is 7.39. The third kappa shape index (κ3) is 7.58. The number of nitrogens with one attached hydrogen (secondary N) is 3.